The Morgan fingerprint density at radius 3 is 2.52 bits per heavy atom. The van der Waals surface area contributed by atoms with Crippen LogP contribution in [-0.4, -0.2) is 21.6 Å². The van der Waals surface area contributed by atoms with Crippen LogP contribution >= 0.6 is 11.6 Å². The van der Waals surface area contributed by atoms with Crippen molar-refractivity contribution in [1.29, 1.82) is 0 Å². The van der Waals surface area contributed by atoms with Crippen molar-refractivity contribution in [3.63, 3.8) is 0 Å². The Bertz CT molecular complexity index is 976. The van der Waals surface area contributed by atoms with E-state index in [-0.39, 0.29) is 16.5 Å². The van der Waals surface area contributed by atoms with Gasteiger partial charge in [0.15, 0.2) is 0 Å². The van der Waals surface area contributed by atoms with Crippen LogP contribution < -0.4 is 10.6 Å². The van der Waals surface area contributed by atoms with Gasteiger partial charge in [-0.3, -0.25) is 14.3 Å². The topological polar surface area (TPSA) is 76.0 Å². The molecule has 0 saturated heterocycles. The Hall–Kier alpha value is -3.19. The fourth-order valence-electron chi connectivity index (χ4n) is 2.42. The molecule has 3 aromatic rings. The third-order valence-corrected chi connectivity index (χ3v) is 4.10. The van der Waals surface area contributed by atoms with Gasteiger partial charge in [0.2, 0.25) is 5.91 Å². The monoisotopic (exact) mass is 386 g/mol. The second-order valence-electron chi connectivity index (χ2n) is 5.81. The zero-order chi connectivity index (χ0) is 19.4. The lowest BCUT2D eigenvalue weighted by atomic mass is 10.2. The van der Waals surface area contributed by atoms with E-state index in [1.807, 2.05) is 0 Å². The van der Waals surface area contributed by atoms with Crippen molar-refractivity contribution < 1.29 is 14.0 Å². The Morgan fingerprint density at radius 2 is 1.85 bits per heavy atom. The van der Waals surface area contributed by atoms with Gasteiger partial charge in [-0.25, -0.2) is 4.39 Å². The van der Waals surface area contributed by atoms with Crippen molar-refractivity contribution >= 4 is 34.8 Å². The molecule has 1 heterocycles. The van der Waals surface area contributed by atoms with Crippen LogP contribution in [0.5, 0.6) is 0 Å². The lowest BCUT2D eigenvalue weighted by Gasteiger charge is -2.13. The molecule has 0 fully saturated rings. The minimum absolute atomic E-state index is 0.124. The van der Waals surface area contributed by atoms with Crippen LogP contribution in [0.25, 0.3) is 0 Å². The van der Waals surface area contributed by atoms with Gasteiger partial charge in [0.25, 0.3) is 5.91 Å². The number of carbonyl (C=O) groups excluding carboxylic acids is 2. The van der Waals surface area contributed by atoms with Crippen LogP contribution in [-0.2, 0) is 4.79 Å². The SMILES string of the molecule is CC(C(=O)Nc1cccc(NC(=O)c2ccc(Cl)cc2F)c1)n1cccn1. The molecule has 2 amide bonds. The van der Waals surface area contributed by atoms with E-state index >= 15 is 0 Å². The summed E-state index contributed by atoms with van der Waals surface area (Å²) in [5.41, 5.74) is 0.786. The highest BCUT2D eigenvalue weighted by Crippen LogP contribution is 2.19. The van der Waals surface area contributed by atoms with Gasteiger partial charge in [-0.05, 0) is 49.4 Å². The summed E-state index contributed by atoms with van der Waals surface area (Å²) in [6.45, 7) is 1.72. The summed E-state index contributed by atoms with van der Waals surface area (Å²) in [7, 11) is 0. The molecule has 1 unspecified atom stereocenters. The van der Waals surface area contributed by atoms with E-state index in [2.05, 4.69) is 15.7 Å². The van der Waals surface area contributed by atoms with Gasteiger partial charge in [-0.15, -0.1) is 0 Å². The van der Waals surface area contributed by atoms with Crippen LogP contribution in [0.4, 0.5) is 15.8 Å². The Balaban J connectivity index is 1.70. The number of benzene rings is 2. The van der Waals surface area contributed by atoms with Crippen LogP contribution in [0.2, 0.25) is 5.02 Å². The molecule has 138 valence electrons. The van der Waals surface area contributed by atoms with Gasteiger partial charge in [0, 0.05) is 28.8 Å². The number of nitrogens with one attached hydrogen (secondary N) is 2. The predicted molar refractivity (Wildman–Crippen MR) is 101 cm³/mol. The quantitative estimate of drug-likeness (QED) is 0.692. The zero-order valence-corrected chi connectivity index (χ0v) is 15.1. The Morgan fingerprint density at radius 1 is 1.11 bits per heavy atom. The molecule has 6 nitrogen and oxygen atoms in total. The van der Waals surface area contributed by atoms with E-state index in [1.54, 1.807) is 49.6 Å². The fraction of sp³-hybridized carbons (Fsp3) is 0.105. The zero-order valence-electron chi connectivity index (χ0n) is 14.3. The smallest absolute Gasteiger partial charge is 0.258 e. The highest BCUT2D eigenvalue weighted by atomic mass is 35.5. The van der Waals surface area contributed by atoms with Crippen molar-refractivity contribution in [2.24, 2.45) is 0 Å². The standard InChI is InChI=1S/C19H16ClFN4O2/c1-12(25-9-3-8-22-25)18(26)23-14-4-2-5-15(11-14)24-19(27)16-7-6-13(20)10-17(16)21/h2-12H,1H3,(H,23,26)(H,24,27). The lowest BCUT2D eigenvalue weighted by molar-refractivity contribution is -0.119. The van der Waals surface area contributed by atoms with Gasteiger partial charge in [0.1, 0.15) is 11.9 Å². The van der Waals surface area contributed by atoms with Crippen molar-refractivity contribution in [2.45, 2.75) is 13.0 Å². The normalized spacial score (nSPS) is 11.7. The average Bonchev–Trinajstić information content (AvgIpc) is 3.15. The molecule has 0 bridgehead atoms. The molecule has 0 aliphatic heterocycles. The van der Waals surface area contributed by atoms with Crippen LogP contribution in [0.15, 0.2) is 60.9 Å². The van der Waals surface area contributed by atoms with Gasteiger partial charge < -0.3 is 10.6 Å². The van der Waals surface area contributed by atoms with Gasteiger partial charge in [-0.2, -0.15) is 5.10 Å². The molecule has 0 radical (unpaired) electrons. The Kier molecular flexibility index (Phi) is 5.52. The molecule has 2 N–H and O–H groups in total. The first-order valence-corrected chi connectivity index (χ1v) is 8.48. The van der Waals surface area contributed by atoms with E-state index in [4.69, 9.17) is 11.6 Å². The first kappa shape index (κ1) is 18.6. The van der Waals surface area contributed by atoms with Crippen molar-refractivity contribution in [1.82, 2.24) is 9.78 Å². The lowest BCUT2D eigenvalue weighted by Crippen LogP contribution is -2.24. The third-order valence-electron chi connectivity index (χ3n) is 3.86. The molecule has 0 spiro atoms. The van der Waals surface area contributed by atoms with Crippen molar-refractivity contribution in [3.05, 3.63) is 77.3 Å². The van der Waals surface area contributed by atoms with E-state index in [1.165, 1.54) is 16.8 Å². The summed E-state index contributed by atoms with van der Waals surface area (Å²) in [4.78, 5) is 24.6. The largest absolute Gasteiger partial charge is 0.324 e. The van der Waals surface area contributed by atoms with Gasteiger partial charge >= 0.3 is 0 Å². The Labute approximate surface area is 160 Å². The van der Waals surface area contributed by atoms with Crippen molar-refractivity contribution in [3.8, 4) is 0 Å². The molecule has 0 saturated carbocycles. The molecule has 3 rings (SSSR count). The summed E-state index contributed by atoms with van der Waals surface area (Å²) in [6.07, 6.45) is 3.29. The number of halogens is 2. The van der Waals surface area contributed by atoms with E-state index in [0.29, 0.717) is 11.4 Å². The number of nitrogens with zero attached hydrogens (tertiary/aromatic N) is 2. The number of aromatic nitrogens is 2. The van der Waals surface area contributed by atoms with Gasteiger partial charge in [0.05, 0.1) is 5.56 Å². The second-order valence-corrected chi connectivity index (χ2v) is 6.25. The molecular formula is C19H16ClFN4O2. The highest BCUT2D eigenvalue weighted by molar-refractivity contribution is 6.30. The number of rotatable bonds is 5. The fourth-order valence-corrected chi connectivity index (χ4v) is 2.58. The first-order chi connectivity index (χ1) is 12.9. The molecule has 8 heteroatoms. The first-order valence-electron chi connectivity index (χ1n) is 8.10. The molecule has 1 aromatic heterocycles. The second kappa shape index (κ2) is 8.01. The molecule has 27 heavy (non-hydrogen) atoms. The molecule has 0 aliphatic carbocycles. The van der Waals surface area contributed by atoms with E-state index in [9.17, 15) is 14.0 Å². The summed E-state index contributed by atoms with van der Waals surface area (Å²) >= 11 is 5.70. The number of carbonyl (C=O) groups is 2. The summed E-state index contributed by atoms with van der Waals surface area (Å²) in [5.74, 6) is -1.58. The maximum absolute atomic E-state index is 13.9. The minimum Gasteiger partial charge on any atom is -0.324 e. The van der Waals surface area contributed by atoms with Crippen LogP contribution in [0.1, 0.15) is 23.3 Å². The number of hydrogen-bond acceptors (Lipinski definition) is 3. The summed E-state index contributed by atoms with van der Waals surface area (Å²) < 4.78 is 15.4. The van der Waals surface area contributed by atoms with Crippen molar-refractivity contribution in [2.75, 3.05) is 10.6 Å². The summed E-state index contributed by atoms with van der Waals surface area (Å²) in [5, 5.41) is 9.60. The van der Waals surface area contributed by atoms with Gasteiger partial charge in [-0.1, -0.05) is 17.7 Å². The van der Waals surface area contributed by atoms with Crippen LogP contribution in [0.3, 0.4) is 0 Å². The van der Waals surface area contributed by atoms with Crippen LogP contribution in [0, 0.1) is 5.82 Å². The summed E-state index contributed by atoms with van der Waals surface area (Å²) in [6, 6.07) is 11.6. The predicted octanol–water partition coefficient (Wildman–Crippen LogP) is 4.13. The highest BCUT2D eigenvalue weighted by Gasteiger charge is 2.16. The maximum Gasteiger partial charge on any atom is 0.258 e. The molecule has 0 aliphatic rings. The molecular weight excluding hydrogens is 371 g/mol. The number of anilines is 2. The van der Waals surface area contributed by atoms with E-state index in [0.717, 1.165) is 6.07 Å². The molecule has 1 atom stereocenters. The molecule has 2 aromatic carbocycles. The average molecular weight is 387 g/mol. The minimum atomic E-state index is -0.711. The third kappa shape index (κ3) is 4.51. The number of amides is 2. The maximum atomic E-state index is 13.9. The van der Waals surface area contributed by atoms with E-state index < -0.39 is 17.8 Å². The number of hydrogen-bond donors (Lipinski definition) is 2.